The van der Waals surface area contributed by atoms with Gasteiger partial charge in [0.1, 0.15) is 0 Å². The van der Waals surface area contributed by atoms with Crippen LogP contribution in [0.4, 0.5) is 5.95 Å². The van der Waals surface area contributed by atoms with Crippen LogP contribution in [0.15, 0.2) is 5.16 Å². The molecule has 3 fully saturated rings. The van der Waals surface area contributed by atoms with Gasteiger partial charge in [-0.3, -0.25) is 9.36 Å². The first-order valence-electron chi connectivity index (χ1n) is 10.3. The topological polar surface area (TPSA) is 54.3 Å². The molecule has 0 radical (unpaired) electrons. The summed E-state index contributed by atoms with van der Waals surface area (Å²) in [5.74, 6) is 2.29. The molecule has 144 valence electrons. The molecule has 3 aliphatic rings. The minimum atomic E-state index is 0.260. The standard InChI is InChI=1S/C19H31N5OS/c1-14(2)12-23(15-6-7-15)17(25)13-26-19-21-20-18(24(19)16-8-9-16)22-10-4-3-5-11-22/h14-16H,3-13H2,1-2H3. The van der Waals surface area contributed by atoms with E-state index in [1.165, 1.54) is 44.9 Å². The number of aromatic nitrogens is 3. The quantitative estimate of drug-likeness (QED) is 0.650. The largest absolute Gasteiger partial charge is 0.341 e. The van der Waals surface area contributed by atoms with Crippen LogP contribution in [-0.2, 0) is 4.79 Å². The molecule has 0 bridgehead atoms. The van der Waals surface area contributed by atoms with E-state index in [9.17, 15) is 4.79 Å². The molecule has 4 rings (SSSR count). The van der Waals surface area contributed by atoms with Crippen molar-refractivity contribution in [2.45, 2.75) is 76.0 Å². The second kappa shape index (κ2) is 7.79. The number of carbonyl (C=O) groups excluding carboxylic acids is 1. The summed E-state index contributed by atoms with van der Waals surface area (Å²) in [6.45, 7) is 7.41. The Morgan fingerprint density at radius 2 is 1.88 bits per heavy atom. The maximum absolute atomic E-state index is 12.8. The highest BCUT2D eigenvalue weighted by molar-refractivity contribution is 7.99. The Labute approximate surface area is 160 Å². The molecule has 1 aliphatic heterocycles. The second-order valence-corrected chi connectivity index (χ2v) is 9.33. The van der Waals surface area contributed by atoms with Crippen LogP contribution in [0.5, 0.6) is 0 Å². The van der Waals surface area contributed by atoms with Crippen molar-refractivity contribution in [3.63, 3.8) is 0 Å². The first kappa shape index (κ1) is 18.1. The van der Waals surface area contributed by atoms with Gasteiger partial charge < -0.3 is 9.80 Å². The monoisotopic (exact) mass is 377 g/mol. The van der Waals surface area contributed by atoms with Crippen LogP contribution in [0.2, 0.25) is 0 Å². The lowest BCUT2D eigenvalue weighted by Crippen LogP contribution is -2.37. The van der Waals surface area contributed by atoms with Gasteiger partial charge in [0.2, 0.25) is 11.9 Å². The summed E-state index contributed by atoms with van der Waals surface area (Å²) in [7, 11) is 0. The Balaban J connectivity index is 1.43. The lowest BCUT2D eigenvalue weighted by molar-refractivity contribution is -0.129. The fraction of sp³-hybridized carbons (Fsp3) is 0.842. The number of anilines is 1. The molecule has 1 saturated heterocycles. The smallest absolute Gasteiger partial charge is 0.233 e. The molecule has 7 heteroatoms. The summed E-state index contributed by atoms with van der Waals surface area (Å²) in [5.41, 5.74) is 0. The van der Waals surface area contributed by atoms with Crippen molar-refractivity contribution in [3.05, 3.63) is 0 Å². The minimum absolute atomic E-state index is 0.260. The first-order chi connectivity index (χ1) is 12.6. The van der Waals surface area contributed by atoms with E-state index >= 15 is 0 Å². The maximum atomic E-state index is 12.8. The van der Waals surface area contributed by atoms with Crippen LogP contribution in [0.1, 0.15) is 64.8 Å². The Kier molecular flexibility index (Phi) is 5.43. The molecule has 0 aromatic carbocycles. The summed E-state index contributed by atoms with van der Waals surface area (Å²) < 4.78 is 2.31. The summed E-state index contributed by atoms with van der Waals surface area (Å²) >= 11 is 1.58. The predicted octanol–water partition coefficient (Wildman–Crippen LogP) is 3.34. The predicted molar refractivity (Wildman–Crippen MR) is 105 cm³/mol. The molecule has 6 nitrogen and oxygen atoms in total. The third kappa shape index (κ3) is 4.18. The number of hydrogen-bond donors (Lipinski definition) is 0. The molecule has 0 N–H and O–H groups in total. The average Bonchev–Trinajstić information content (AvgIpc) is 3.56. The number of nitrogens with zero attached hydrogens (tertiary/aromatic N) is 5. The molecule has 2 aliphatic carbocycles. The van der Waals surface area contributed by atoms with E-state index in [-0.39, 0.29) is 5.91 Å². The van der Waals surface area contributed by atoms with E-state index < -0.39 is 0 Å². The fourth-order valence-electron chi connectivity index (χ4n) is 3.77. The summed E-state index contributed by atoms with van der Waals surface area (Å²) in [5, 5.41) is 9.91. The molecule has 0 atom stereocenters. The molecule has 2 heterocycles. The maximum Gasteiger partial charge on any atom is 0.233 e. The molecule has 1 amide bonds. The van der Waals surface area contributed by atoms with Crippen molar-refractivity contribution < 1.29 is 4.79 Å². The van der Waals surface area contributed by atoms with Crippen LogP contribution < -0.4 is 4.90 Å². The highest BCUT2D eigenvalue weighted by Gasteiger charge is 2.34. The van der Waals surface area contributed by atoms with Gasteiger partial charge in [-0.2, -0.15) is 0 Å². The first-order valence-corrected chi connectivity index (χ1v) is 11.2. The van der Waals surface area contributed by atoms with E-state index in [4.69, 9.17) is 0 Å². The van der Waals surface area contributed by atoms with Gasteiger partial charge in [0.05, 0.1) is 5.75 Å². The Morgan fingerprint density at radius 3 is 2.50 bits per heavy atom. The molecule has 1 aromatic heterocycles. The van der Waals surface area contributed by atoms with Gasteiger partial charge in [0, 0.05) is 31.7 Å². The van der Waals surface area contributed by atoms with Crippen molar-refractivity contribution in [3.8, 4) is 0 Å². The zero-order valence-electron chi connectivity index (χ0n) is 16.1. The van der Waals surface area contributed by atoms with Crippen LogP contribution in [0.3, 0.4) is 0 Å². The number of thioether (sulfide) groups is 1. The number of carbonyl (C=O) groups is 1. The van der Waals surface area contributed by atoms with E-state index in [1.807, 2.05) is 0 Å². The van der Waals surface area contributed by atoms with Crippen molar-refractivity contribution in [1.82, 2.24) is 19.7 Å². The second-order valence-electron chi connectivity index (χ2n) is 8.39. The number of amides is 1. The van der Waals surface area contributed by atoms with Crippen molar-refractivity contribution in [2.75, 3.05) is 30.3 Å². The SMILES string of the molecule is CC(C)CN(C(=O)CSc1nnc(N2CCCCC2)n1C1CC1)C1CC1. The molecular weight excluding hydrogens is 346 g/mol. The molecular formula is C19H31N5OS. The van der Waals surface area contributed by atoms with Crippen LogP contribution >= 0.6 is 11.8 Å². The van der Waals surface area contributed by atoms with Crippen molar-refractivity contribution >= 4 is 23.6 Å². The highest BCUT2D eigenvalue weighted by atomic mass is 32.2. The van der Waals surface area contributed by atoms with E-state index in [1.54, 1.807) is 11.8 Å². The average molecular weight is 378 g/mol. The van der Waals surface area contributed by atoms with Crippen LogP contribution in [0.25, 0.3) is 0 Å². The Hall–Kier alpha value is -1.24. The third-order valence-electron chi connectivity index (χ3n) is 5.39. The van der Waals surface area contributed by atoms with E-state index in [0.717, 1.165) is 30.7 Å². The van der Waals surface area contributed by atoms with E-state index in [2.05, 4.69) is 38.4 Å². The van der Waals surface area contributed by atoms with Gasteiger partial charge in [0.25, 0.3) is 0 Å². The molecule has 0 unspecified atom stereocenters. The number of hydrogen-bond acceptors (Lipinski definition) is 5. The lowest BCUT2D eigenvalue weighted by Gasteiger charge is -2.28. The number of rotatable bonds is 8. The molecule has 2 saturated carbocycles. The van der Waals surface area contributed by atoms with Gasteiger partial charge in [0.15, 0.2) is 5.16 Å². The van der Waals surface area contributed by atoms with Crippen LogP contribution in [-0.4, -0.2) is 57.0 Å². The van der Waals surface area contributed by atoms with Gasteiger partial charge in [-0.05, 0) is 50.9 Å². The van der Waals surface area contributed by atoms with Gasteiger partial charge in [-0.15, -0.1) is 10.2 Å². The molecule has 26 heavy (non-hydrogen) atoms. The summed E-state index contributed by atoms with van der Waals surface area (Å²) in [6.07, 6.45) is 8.55. The molecule has 0 spiro atoms. The molecule has 1 aromatic rings. The Bertz CT molecular complexity index is 632. The lowest BCUT2D eigenvalue weighted by atomic mass is 10.1. The van der Waals surface area contributed by atoms with Gasteiger partial charge in [-0.1, -0.05) is 25.6 Å². The zero-order valence-corrected chi connectivity index (χ0v) is 16.9. The van der Waals surface area contributed by atoms with Crippen molar-refractivity contribution in [2.24, 2.45) is 5.92 Å². The van der Waals surface area contributed by atoms with Gasteiger partial charge in [-0.25, -0.2) is 0 Å². The Morgan fingerprint density at radius 1 is 1.15 bits per heavy atom. The number of piperidine rings is 1. The summed E-state index contributed by atoms with van der Waals surface area (Å²) in [4.78, 5) is 17.3. The third-order valence-corrected chi connectivity index (χ3v) is 6.32. The van der Waals surface area contributed by atoms with Gasteiger partial charge >= 0.3 is 0 Å². The van der Waals surface area contributed by atoms with Crippen LogP contribution in [0, 0.1) is 5.92 Å². The van der Waals surface area contributed by atoms with Crippen molar-refractivity contribution in [1.29, 1.82) is 0 Å². The minimum Gasteiger partial charge on any atom is -0.341 e. The zero-order chi connectivity index (χ0) is 18.1. The highest BCUT2D eigenvalue weighted by Crippen LogP contribution is 2.41. The normalized spacial score (nSPS) is 20.7. The summed E-state index contributed by atoms with van der Waals surface area (Å²) in [6, 6.07) is 1.02. The van der Waals surface area contributed by atoms with E-state index in [0.29, 0.717) is 23.8 Å². The fourth-order valence-corrected chi connectivity index (χ4v) is 4.66.